The van der Waals surface area contributed by atoms with Gasteiger partial charge in [-0.1, -0.05) is 30.3 Å². The van der Waals surface area contributed by atoms with Crippen LogP contribution in [0.1, 0.15) is 11.1 Å². The van der Waals surface area contributed by atoms with Crippen LogP contribution in [0.25, 0.3) is 11.8 Å². The van der Waals surface area contributed by atoms with Crippen molar-refractivity contribution >= 4 is 34.7 Å². The monoisotopic (exact) mass is 405 g/mol. The Morgan fingerprint density at radius 3 is 2.59 bits per heavy atom. The minimum absolute atomic E-state index is 0.00524. The zero-order chi connectivity index (χ0) is 20.4. The predicted molar refractivity (Wildman–Crippen MR) is 110 cm³/mol. The minimum Gasteiger partial charge on any atom is -0.323 e. The van der Waals surface area contributed by atoms with E-state index in [0.717, 1.165) is 27.9 Å². The second kappa shape index (κ2) is 7.76. The van der Waals surface area contributed by atoms with Crippen molar-refractivity contribution in [2.45, 2.75) is 6.54 Å². The molecule has 3 aromatic rings. The highest BCUT2D eigenvalue weighted by Gasteiger charge is 2.35. The minimum atomic E-state index is -0.505. The fourth-order valence-electron chi connectivity index (χ4n) is 3.00. The number of nitro benzene ring substituents is 1. The first kappa shape index (κ1) is 18.7. The van der Waals surface area contributed by atoms with E-state index in [2.05, 4.69) is 0 Å². The average molecular weight is 405 g/mol. The van der Waals surface area contributed by atoms with Gasteiger partial charge in [0.1, 0.15) is 0 Å². The van der Waals surface area contributed by atoms with Gasteiger partial charge in [-0.3, -0.25) is 24.6 Å². The van der Waals surface area contributed by atoms with Crippen molar-refractivity contribution in [2.24, 2.45) is 0 Å². The number of benzene rings is 2. The summed E-state index contributed by atoms with van der Waals surface area (Å²) in [5.74, 6) is -0.404. The van der Waals surface area contributed by atoms with E-state index in [1.165, 1.54) is 18.2 Å². The molecule has 0 saturated carbocycles. The fourth-order valence-corrected chi connectivity index (χ4v) is 3.84. The van der Waals surface area contributed by atoms with Gasteiger partial charge in [0, 0.05) is 30.2 Å². The predicted octanol–water partition coefficient (Wildman–Crippen LogP) is 4.62. The third-order valence-corrected chi connectivity index (χ3v) is 5.31. The van der Waals surface area contributed by atoms with Crippen LogP contribution in [-0.4, -0.2) is 25.5 Å². The molecule has 2 heterocycles. The van der Waals surface area contributed by atoms with Gasteiger partial charge in [0.05, 0.1) is 16.4 Å². The summed E-state index contributed by atoms with van der Waals surface area (Å²) in [6.07, 6.45) is 5.44. The zero-order valence-electron chi connectivity index (χ0n) is 15.1. The van der Waals surface area contributed by atoms with Crippen LogP contribution < -0.4 is 0 Å². The second-order valence-corrected chi connectivity index (χ2v) is 7.38. The van der Waals surface area contributed by atoms with Crippen LogP contribution in [0.5, 0.6) is 0 Å². The number of amides is 2. The van der Waals surface area contributed by atoms with Gasteiger partial charge in [-0.05, 0) is 47.2 Å². The molecule has 8 heteroatoms. The van der Waals surface area contributed by atoms with Gasteiger partial charge in [-0.15, -0.1) is 0 Å². The Hall–Kier alpha value is -3.65. The fraction of sp³-hybridized carbons (Fsp3) is 0.0476. The largest absolute Gasteiger partial charge is 0.323 e. The van der Waals surface area contributed by atoms with Crippen molar-refractivity contribution in [1.29, 1.82) is 0 Å². The standard InChI is InChI=1S/C21H15N3O4S/c25-20-19(12-16-9-10-22(13-16)17-6-2-1-3-7-17)29-21(26)23(20)14-15-5-4-8-18(11-15)24(27)28/h1-13H,14H2/b19-12+. The van der Waals surface area contributed by atoms with E-state index in [1.54, 1.807) is 12.1 Å². The molecule has 7 nitrogen and oxygen atoms in total. The summed E-state index contributed by atoms with van der Waals surface area (Å²) in [4.78, 5) is 36.9. The number of nitro groups is 1. The third kappa shape index (κ3) is 3.97. The Kier molecular flexibility index (Phi) is 5.01. The number of carbonyl (C=O) groups excluding carboxylic acids is 2. The van der Waals surface area contributed by atoms with Gasteiger partial charge in [0.15, 0.2) is 0 Å². The Balaban J connectivity index is 1.53. The first-order chi connectivity index (χ1) is 14.0. The van der Waals surface area contributed by atoms with Gasteiger partial charge in [-0.25, -0.2) is 0 Å². The van der Waals surface area contributed by atoms with E-state index < -0.39 is 16.1 Å². The van der Waals surface area contributed by atoms with Gasteiger partial charge in [-0.2, -0.15) is 0 Å². The van der Waals surface area contributed by atoms with Crippen molar-refractivity contribution < 1.29 is 14.5 Å². The smallest absolute Gasteiger partial charge is 0.293 e. The van der Waals surface area contributed by atoms with Crippen LogP contribution in [0, 0.1) is 10.1 Å². The number of thioether (sulfide) groups is 1. The number of hydrogen-bond donors (Lipinski definition) is 0. The molecule has 1 fully saturated rings. The SMILES string of the molecule is O=C1S/C(=C/c2ccn(-c3ccccc3)c2)C(=O)N1Cc1cccc([N+](=O)[O-])c1. The van der Waals surface area contributed by atoms with Crippen molar-refractivity contribution in [3.8, 4) is 5.69 Å². The van der Waals surface area contributed by atoms with Crippen LogP contribution in [0.15, 0.2) is 78.0 Å². The lowest BCUT2D eigenvalue weighted by atomic mass is 10.2. The quantitative estimate of drug-likeness (QED) is 0.351. The zero-order valence-corrected chi connectivity index (χ0v) is 15.9. The molecular formula is C21H15N3O4S. The van der Waals surface area contributed by atoms with Crippen LogP contribution in [0.2, 0.25) is 0 Å². The number of para-hydroxylation sites is 1. The number of aromatic nitrogens is 1. The molecule has 0 spiro atoms. The first-order valence-electron chi connectivity index (χ1n) is 8.73. The Labute approximate surface area is 170 Å². The molecule has 1 aromatic heterocycles. The highest BCUT2D eigenvalue weighted by atomic mass is 32.2. The summed E-state index contributed by atoms with van der Waals surface area (Å²) in [5.41, 5.74) is 2.24. The summed E-state index contributed by atoms with van der Waals surface area (Å²) in [6.45, 7) is -0.00524. The maximum atomic E-state index is 12.7. The number of imide groups is 1. The number of rotatable bonds is 5. The Morgan fingerprint density at radius 1 is 1.03 bits per heavy atom. The summed E-state index contributed by atoms with van der Waals surface area (Å²) >= 11 is 0.867. The maximum absolute atomic E-state index is 12.7. The number of non-ortho nitro benzene ring substituents is 1. The van der Waals surface area contributed by atoms with Crippen molar-refractivity contribution in [3.63, 3.8) is 0 Å². The molecular weight excluding hydrogens is 390 g/mol. The summed E-state index contributed by atoms with van der Waals surface area (Å²) in [5, 5.41) is 10.5. The van der Waals surface area contributed by atoms with Crippen LogP contribution >= 0.6 is 11.8 Å². The van der Waals surface area contributed by atoms with E-state index in [-0.39, 0.29) is 12.2 Å². The molecule has 29 heavy (non-hydrogen) atoms. The van der Waals surface area contributed by atoms with E-state index in [0.29, 0.717) is 10.5 Å². The number of hydrogen-bond acceptors (Lipinski definition) is 5. The van der Waals surface area contributed by atoms with Gasteiger partial charge >= 0.3 is 0 Å². The molecule has 1 aliphatic heterocycles. The molecule has 2 aromatic carbocycles. The van der Waals surface area contributed by atoms with Crippen molar-refractivity contribution in [3.05, 3.63) is 99.2 Å². The van der Waals surface area contributed by atoms with Crippen molar-refractivity contribution in [2.75, 3.05) is 0 Å². The molecule has 4 rings (SSSR count). The Bertz CT molecular complexity index is 1140. The molecule has 0 radical (unpaired) electrons. The summed E-state index contributed by atoms with van der Waals surface area (Å²) in [7, 11) is 0. The van der Waals surface area contributed by atoms with E-state index in [1.807, 2.05) is 53.4 Å². The second-order valence-electron chi connectivity index (χ2n) is 6.38. The summed E-state index contributed by atoms with van der Waals surface area (Å²) in [6, 6.07) is 17.5. The molecule has 0 N–H and O–H groups in total. The van der Waals surface area contributed by atoms with Gasteiger partial charge in [0.25, 0.3) is 16.8 Å². The van der Waals surface area contributed by atoms with E-state index >= 15 is 0 Å². The van der Waals surface area contributed by atoms with E-state index in [4.69, 9.17) is 0 Å². The highest BCUT2D eigenvalue weighted by molar-refractivity contribution is 8.18. The van der Waals surface area contributed by atoms with Crippen molar-refractivity contribution in [1.82, 2.24) is 9.47 Å². The molecule has 2 amide bonds. The molecule has 0 bridgehead atoms. The third-order valence-electron chi connectivity index (χ3n) is 4.40. The van der Waals surface area contributed by atoms with Crippen LogP contribution in [0.4, 0.5) is 10.5 Å². The first-order valence-corrected chi connectivity index (χ1v) is 9.55. The van der Waals surface area contributed by atoms with Crippen LogP contribution in [-0.2, 0) is 11.3 Å². The number of nitrogens with zero attached hydrogens (tertiary/aromatic N) is 3. The molecule has 0 aliphatic carbocycles. The average Bonchev–Trinajstić information content (AvgIpc) is 3.29. The number of carbonyl (C=O) groups is 2. The van der Waals surface area contributed by atoms with E-state index in [9.17, 15) is 19.7 Å². The topological polar surface area (TPSA) is 85.5 Å². The van der Waals surface area contributed by atoms with Gasteiger partial charge in [0.2, 0.25) is 0 Å². The molecule has 1 saturated heterocycles. The lowest BCUT2D eigenvalue weighted by Gasteiger charge is -2.12. The molecule has 1 aliphatic rings. The van der Waals surface area contributed by atoms with Gasteiger partial charge < -0.3 is 4.57 Å². The molecule has 0 atom stereocenters. The lowest BCUT2D eigenvalue weighted by Crippen LogP contribution is -2.27. The maximum Gasteiger partial charge on any atom is 0.293 e. The highest BCUT2D eigenvalue weighted by Crippen LogP contribution is 2.33. The normalized spacial score (nSPS) is 15.3. The Morgan fingerprint density at radius 2 is 1.83 bits per heavy atom. The lowest BCUT2D eigenvalue weighted by molar-refractivity contribution is -0.384. The molecule has 144 valence electrons. The van der Waals surface area contributed by atoms with Crippen LogP contribution in [0.3, 0.4) is 0 Å². The summed E-state index contributed by atoms with van der Waals surface area (Å²) < 4.78 is 1.93. The molecule has 0 unspecified atom stereocenters.